The molecule has 1 aliphatic heterocycles. The number of fused-ring (bicyclic) bond motifs is 1. The normalized spacial score (nSPS) is 13.9. The van der Waals surface area contributed by atoms with Crippen molar-refractivity contribution in [1.82, 2.24) is 4.98 Å². The predicted molar refractivity (Wildman–Crippen MR) is 77.9 cm³/mol. The fourth-order valence-electron chi connectivity index (χ4n) is 2.31. The standard InChI is InChI=1S/C16H18N2O/c1-11-4-5-13(8-12(11)2)14-9-15-16(17-10-14)18(3)6-7-19-15/h4-5,8-10H,6-7H2,1-3H3. The summed E-state index contributed by atoms with van der Waals surface area (Å²) in [6, 6.07) is 8.57. The Morgan fingerprint density at radius 3 is 2.74 bits per heavy atom. The van der Waals surface area contributed by atoms with E-state index in [1.165, 1.54) is 16.7 Å². The Bertz CT molecular complexity index is 622. The largest absolute Gasteiger partial charge is 0.488 e. The van der Waals surface area contributed by atoms with Gasteiger partial charge in [-0.25, -0.2) is 4.98 Å². The van der Waals surface area contributed by atoms with Gasteiger partial charge in [-0.2, -0.15) is 0 Å². The van der Waals surface area contributed by atoms with Crippen molar-refractivity contribution in [2.75, 3.05) is 25.1 Å². The van der Waals surface area contributed by atoms with Gasteiger partial charge in [0.05, 0.1) is 6.54 Å². The molecule has 0 atom stereocenters. The molecule has 1 aliphatic rings. The Hall–Kier alpha value is -2.03. The number of ether oxygens (including phenoxy) is 1. The number of nitrogens with zero attached hydrogens (tertiary/aromatic N) is 2. The lowest BCUT2D eigenvalue weighted by Gasteiger charge is -2.26. The number of likely N-dealkylation sites (N-methyl/N-ethyl adjacent to an activating group) is 1. The van der Waals surface area contributed by atoms with E-state index in [-0.39, 0.29) is 0 Å². The third kappa shape index (κ3) is 2.16. The average molecular weight is 254 g/mol. The fourth-order valence-corrected chi connectivity index (χ4v) is 2.31. The van der Waals surface area contributed by atoms with Crippen LogP contribution in [-0.4, -0.2) is 25.2 Å². The van der Waals surface area contributed by atoms with Crippen LogP contribution in [0.1, 0.15) is 11.1 Å². The second kappa shape index (κ2) is 4.57. The first-order valence-corrected chi connectivity index (χ1v) is 6.57. The van der Waals surface area contributed by atoms with E-state index in [2.05, 4.69) is 48.0 Å². The van der Waals surface area contributed by atoms with Gasteiger partial charge >= 0.3 is 0 Å². The SMILES string of the molecule is Cc1ccc(-c2cnc3c(c2)OCCN3C)cc1C. The first-order valence-electron chi connectivity index (χ1n) is 6.57. The summed E-state index contributed by atoms with van der Waals surface area (Å²) < 4.78 is 5.71. The zero-order valence-corrected chi connectivity index (χ0v) is 11.6. The summed E-state index contributed by atoms with van der Waals surface area (Å²) in [5.74, 6) is 1.81. The molecular formula is C16H18N2O. The summed E-state index contributed by atoms with van der Waals surface area (Å²) in [5.41, 5.74) is 4.91. The Labute approximate surface area is 113 Å². The summed E-state index contributed by atoms with van der Waals surface area (Å²) in [4.78, 5) is 6.66. The highest BCUT2D eigenvalue weighted by Gasteiger charge is 2.17. The molecule has 98 valence electrons. The average Bonchev–Trinajstić information content (AvgIpc) is 2.42. The minimum Gasteiger partial charge on any atom is -0.488 e. The molecule has 19 heavy (non-hydrogen) atoms. The molecule has 1 aromatic carbocycles. The van der Waals surface area contributed by atoms with E-state index in [0.717, 1.165) is 30.3 Å². The highest BCUT2D eigenvalue weighted by atomic mass is 16.5. The maximum atomic E-state index is 5.71. The Morgan fingerprint density at radius 1 is 1.11 bits per heavy atom. The van der Waals surface area contributed by atoms with E-state index in [9.17, 15) is 0 Å². The maximum Gasteiger partial charge on any atom is 0.171 e. The number of hydrogen-bond acceptors (Lipinski definition) is 3. The van der Waals surface area contributed by atoms with Crippen molar-refractivity contribution in [1.29, 1.82) is 0 Å². The quantitative estimate of drug-likeness (QED) is 0.781. The molecule has 0 saturated heterocycles. The highest BCUT2D eigenvalue weighted by molar-refractivity contribution is 5.69. The van der Waals surface area contributed by atoms with E-state index in [0.29, 0.717) is 0 Å². The molecule has 0 bridgehead atoms. The minimum absolute atomic E-state index is 0.724. The van der Waals surface area contributed by atoms with Crippen LogP contribution in [0.2, 0.25) is 0 Å². The van der Waals surface area contributed by atoms with Crippen LogP contribution in [0, 0.1) is 13.8 Å². The molecule has 0 N–H and O–H groups in total. The van der Waals surface area contributed by atoms with Crippen LogP contribution < -0.4 is 9.64 Å². The van der Waals surface area contributed by atoms with Crippen LogP contribution in [-0.2, 0) is 0 Å². The van der Waals surface area contributed by atoms with Crippen LogP contribution in [0.15, 0.2) is 30.5 Å². The topological polar surface area (TPSA) is 25.4 Å². The van der Waals surface area contributed by atoms with Crippen LogP contribution in [0.4, 0.5) is 5.82 Å². The number of anilines is 1. The predicted octanol–water partition coefficient (Wildman–Crippen LogP) is 3.19. The molecule has 1 aromatic heterocycles. The third-order valence-electron chi connectivity index (χ3n) is 3.72. The smallest absolute Gasteiger partial charge is 0.171 e. The van der Waals surface area contributed by atoms with Crippen molar-refractivity contribution in [3.8, 4) is 16.9 Å². The van der Waals surface area contributed by atoms with Gasteiger partial charge in [-0.3, -0.25) is 0 Å². The first kappa shape index (κ1) is 12.0. The van der Waals surface area contributed by atoms with Crippen molar-refractivity contribution in [3.05, 3.63) is 41.6 Å². The highest BCUT2D eigenvalue weighted by Crippen LogP contribution is 2.33. The molecule has 0 fully saturated rings. The second-order valence-corrected chi connectivity index (χ2v) is 5.11. The van der Waals surface area contributed by atoms with Gasteiger partial charge in [0, 0.05) is 18.8 Å². The lowest BCUT2D eigenvalue weighted by molar-refractivity contribution is 0.309. The van der Waals surface area contributed by atoms with Gasteiger partial charge in [-0.05, 0) is 36.6 Å². The van der Waals surface area contributed by atoms with Gasteiger partial charge in [0.2, 0.25) is 0 Å². The van der Waals surface area contributed by atoms with Gasteiger partial charge in [0.25, 0.3) is 0 Å². The Morgan fingerprint density at radius 2 is 1.95 bits per heavy atom. The van der Waals surface area contributed by atoms with Crippen LogP contribution in [0.3, 0.4) is 0 Å². The second-order valence-electron chi connectivity index (χ2n) is 5.11. The molecule has 0 saturated carbocycles. The zero-order chi connectivity index (χ0) is 13.4. The van der Waals surface area contributed by atoms with Gasteiger partial charge < -0.3 is 9.64 Å². The number of pyridine rings is 1. The number of benzene rings is 1. The van der Waals surface area contributed by atoms with Crippen molar-refractivity contribution in [3.63, 3.8) is 0 Å². The molecule has 0 amide bonds. The summed E-state index contributed by atoms with van der Waals surface area (Å²) in [6.07, 6.45) is 1.92. The van der Waals surface area contributed by atoms with Gasteiger partial charge in [-0.15, -0.1) is 0 Å². The van der Waals surface area contributed by atoms with Gasteiger partial charge in [0.1, 0.15) is 6.61 Å². The van der Waals surface area contributed by atoms with E-state index in [1.54, 1.807) is 0 Å². The summed E-state index contributed by atoms with van der Waals surface area (Å²) >= 11 is 0. The van der Waals surface area contributed by atoms with Crippen molar-refractivity contribution >= 4 is 5.82 Å². The number of aryl methyl sites for hydroxylation is 2. The minimum atomic E-state index is 0.724. The molecule has 3 nitrogen and oxygen atoms in total. The summed E-state index contributed by atoms with van der Waals surface area (Å²) in [6.45, 7) is 5.88. The molecule has 3 heteroatoms. The van der Waals surface area contributed by atoms with E-state index < -0.39 is 0 Å². The molecule has 0 aliphatic carbocycles. The molecule has 2 heterocycles. The van der Waals surface area contributed by atoms with Crippen LogP contribution in [0.25, 0.3) is 11.1 Å². The molecular weight excluding hydrogens is 236 g/mol. The van der Waals surface area contributed by atoms with E-state index in [4.69, 9.17) is 4.74 Å². The lowest BCUT2D eigenvalue weighted by atomic mass is 10.0. The number of hydrogen-bond donors (Lipinski definition) is 0. The molecule has 0 radical (unpaired) electrons. The van der Waals surface area contributed by atoms with Crippen LogP contribution in [0.5, 0.6) is 5.75 Å². The number of rotatable bonds is 1. The monoisotopic (exact) mass is 254 g/mol. The van der Waals surface area contributed by atoms with E-state index >= 15 is 0 Å². The maximum absolute atomic E-state index is 5.71. The molecule has 3 rings (SSSR count). The van der Waals surface area contributed by atoms with Crippen molar-refractivity contribution < 1.29 is 4.74 Å². The van der Waals surface area contributed by atoms with Crippen molar-refractivity contribution in [2.45, 2.75) is 13.8 Å². The molecule has 0 unspecified atom stereocenters. The first-order chi connectivity index (χ1) is 9.15. The van der Waals surface area contributed by atoms with E-state index in [1.807, 2.05) is 13.2 Å². The Kier molecular flexibility index (Phi) is 2.90. The van der Waals surface area contributed by atoms with Gasteiger partial charge in [0.15, 0.2) is 11.6 Å². The zero-order valence-electron chi connectivity index (χ0n) is 11.6. The molecule has 0 spiro atoms. The molecule has 2 aromatic rings. The lowest BCUT2D eigenvalue weighted by Crippen LogP contribution is -2.29. The Balaban J connectivity index is 2.04. The third-order valence-corrected chi connectivity index (χ3v) is 3.72. The van der Waals surface area contributed by atoms with Gasteiger partial charge in [-0.1, -0.05) is 18.2 Å². The summed E-state index contributed by atoms with van der Waals surface area (Å²) in [5, 5.41) is 0. The van der Waals surface area contributed by atoms with Crippen molar-refractivity contribution in [2.24, 2.45) is 0 Å². The summed E-state index contributed by atoms with van der Waals surface area (Å²) in [7, 11) is 2.05. The van der Waals surface area contributed by atoms with Crippen LogP contribution >= 0.6 is 0 Å². The number of aromatic nitrogens is 1. The fraction of sp³-hybridized carbons (Fsp3) is 0.312.